The van der Waals surface area contributed by atoms with Gasteiger partial charge in [-0.1, -0.05) is 46.4 Å². The molecule has 0 aliphatic rings. The van der Waals surface area contributed by atoms with E-state index < -0.39 is 11.8 Å². The number of carbonyl (C=O) groups excluding carboxylic acids is 2. The summed E-state index contributed by atoms with van der Waals surface area (Å²) in [5.41, 5.74) is 0.745. The van der Waals surface area contributed by atoms with Crippen LogP contribution >= 0.6 is 46.4 Å². The summed E-state index contributed by atoms with van der Waals surface area (Å²) in [5.74, 6) is -0.861. The van der Waals surface area contributed by atoms with Crippen molar-refractivity contribution in [1.82, 2.24) is 5.32 Å². The molecule has 2 aromatic rings. The standard InChI is InChI=1S/C15H10Cl4N2O2/c16-9-4-10(17)6-11(5-9)21-14(22)7-20-15(23)8-1-2-12(18)13(19)3-8/h1-6H,7H2,(H,20,23)(H,21,22). The molecule has 0 aromatic heterocycles. The molecule has 120 valence electrons. The fourth-order valence-corrected chi connectivity index (χ4v) is 2.56. The van der Waals surface area contributed by atoms with Gasteiger partial charge in [-0.2, -0.15) is 0 Å². The van der Waals surface area contributed by atoms with Gasteiger partial charge in [-0.05, 0) is 36.4 Å². The number of hydrogen-bond acceptors (Lipinski definition) is 2. The lowest BCUT2D eigenvalue weighted by atomic mass is 10.2. The highest BCUT2D eigenvalue weighted by Crippen LogP contribution is 2.23. The van der Waals surface area contributed by atoms with Crippen molar-refractivity contribution in [2.75, 3.05) is 11.9 Å². The summed E-state index contributed by atoms with van der Waals surface area (Å²) in [5, 5.41) is 6.46. The molecule has 0 saturated heterocycles. The lowest BCUT2D eigenvalue weighted by Gasteiger charge is -2.08. The molecule has 0 saturated carbocycles. The molecule has 0 radical (unpaired) electrons. The summed E-state index contributed by atoms with van der Waals surface area (Å²) >= 11 is 23.3. The second-order valence-electron chi connectivity index (χ2n) is 4.52. The van der Waals surface area contributed by atoms with Crippen LogP contribution in [-0.4, -0.2) is 18.4 Å². The van der Waals surface area contributed by atoms with E-state index in [-0.39, 0.29) is 11.6 Å². The molecule has 0 fully saturated rings. The maximum atomic E-state index is 11.9. The second kappa shape index (κ2) is 7.88. The van der Waals surface area contributed by atoms with Crippen molar-refractivity contribution in [3.05, 3.63) is 62.1 Å². The Bertz CT molecular complexity index is 745. The molecule has 0 aliphatic heterocycles. The molecule has 8 heteroatoms. The van der Waals surface area contributed by atoms with Crippen molar-refractivity contribution in [2.24, 2.45) is 0 Å². The van der Waals surface area contributed by atoms with Gasteiger partial charge in [-0.15, -0.1) is 0 Å². The minimum atomic E-state index is -0.442. The third kappa shape index (κ3) is 5.29. The molecule has 2 rings (SSSR count). The van der Waals surface area contributed by atoms with Gasteiger partial charge < -0.3 is 10.6 Å². The maximum Gasteiger partial charge on any atom is 0.251 e. The van der Waals surface area contributed by atoms with Crippen LogP contribution in [0.25, 0.3) is 0 Å². The highest BCUT2D eigenvalue weighted by atomic mass is 35.5. The number of carbonyl (C=O) groups is 2. The SMILES string of the molecule is O=C(CNC(=O)c1ccc(Cl)c(Cl)c1)Nc1cc(Cl)cc(Cl)c1. The zero-order chi connectivity index (χ0) is 17.0. The van der Waals surface area contributed by atoms with Gasteiger partial charge in [0.2, 0.25) is 5.91 Å². The predicted molar refractivity (Wildman–Crippen MR) is 93.9 cm³/mol. The van der Waals surface area contributed by atoms with Crippen molar-refractivity contribution in [2.45, 2.75) is 0 Å². The van der Waals surface area contributed by atoms with E-state index in [2.05, 4.69) is 10.6 Å². The average molecular weight is 392 g/mol. The molecule has 0 heterocycles. The fourth-order valence-electron chi connectivity index (χ4n) is 1.73. The summed E-state index contributed by atoms with van der Waals surface area (Å²) in [6, 6.07) is 9.09. The van der Waals surface area contributed by atoms with Crippen molar-refractivity contribution < 1.29 is 9.59 Å². The summed E-state index contributed by atoms with van der Waals surface area (Å²) in [6.45, 7) is -0.219. The normalized spacial score (nSPS) is 10.3. The number of hydrogen-bond donors (Lipinski definition) is 2. The zero-order valence-corrected chi connectivity index (χ0v) is 14.5. The molecule has 23 heavy (non-hydrogen) atoms. The Morgan fingerprint density at radius 1 is 0.870 bits per heavy atom. The van der Waals surface area contributed by atoms with Gasteiger partial charge in [-0.25, -0.2) is 0 Å². The highest BCUT2D eigenvalue weighted by Gasteiger charge is 2.10. The van der Waals surface area contributed by atoms with E-state index in [1.165, 1.54) is 18.2 Å². The van der Waals surface area contributed by atoms with Crippen LogP contribution in [0.4, 0.5) is 5.69 Å². The highest BCUT2D eigenvalue weighted by molar-refractivity contribution is 6.42. The predicted octanol–water partition coefficient (Wildman–Crippen LogP) is 4.67. The summed E-state index contributed by atoms with van der Waals surface area (Å²) in [7, 11) is 0. The average Bonchev–Trinajstić information content (AvgIpc) is 2.46. The number of nitrogens with one attached hydrogen (secondary N) is 2. The lowest BCUT2D eigenvalue weighted by Crippen LogP contribution is -2.32. The first-order valence-corrected chi connectivity index (χ1v) is 7.85. The summed E-state index contributed by atoms with van der Waals surface area (Å²) in [4.78, 5) is 23.8. The fraction of sp³-hybridized carbons (Fsp3) is 0.0667. The largest absolute Gasteiger partial charge is 0.343 e. The van der Waals surface area contributed by atoms with Gasteiger partial charge in [0, 0.05) is 21.3 Å². The van der Waals surface area contributed by atoms with E-state index in [1.807, 2.05) is 0 Å². The monoisotopic (exact) mass is 390 g/mol. The van der Waals surface area contributed by atoms with Crippen LogP contribution in [-0.2, 0) is 4.79 Å². The van der Waals surface area contributed by atoms with Crippen LogP contribution in [0.3, 0.4) is 0 Å². The number of amides is 2. The summed E-state index contributed by atoms with van der Waals surface area (Å²) in [6.07, 6.45) is 0. The van der Waals surface area contributed by atoms with Gasteiger partial charge in [0.1, 0.15) is 0 Å². The lowest BCUT2D eigenvalue weighted by molar-refractivity contribution is -0.115. The van der Waals surface area contributed by atoms with Crippen molar-refractivity contribution in [3.63, 3.8) is 0 Å². The number of benzene rings is 2. The Kier molecular flexibility index (Phi) is 6.13. The van der Waals surface area contributed by atoms with E-state index in [1.54, 1.807) is 18.2 Å². The molecule has 0 spiro atoms. The van der Waals surface area contributed by atoms with Gasteiger partial charge in [0.05, 0.1) is 16.6 Å². The molecule has 0 bridgehead atoms. The molecular weight excluding hydrogens is 382 g/mol. The van der Waals surface area contributed by atoms with E-state index >= 15 is 0 Å². The number of rotatable bonds is 4. The van der Waals surface area contributed by atoms with Crippen molar-refractivity contribution in [3.8, 4) is 0 Å². The van der Waals surface area contributed by atoms with Gasteiger partial charge in [0.25, 0.3) is 5.91 Å². The Morgan fingerprint density at radius 3 is 2.13 bits per heavy atom. The third-order valence-electron chi connectivity index (χ3n) is 2.74. The van der Waals surface area contributed by atoms with Crippen LogP contribution in [0, 0.1) is 0 Å². The third-order valence-corrected chi connectivity index (χ3v) is 3.91. The molecular formula is C15H10Cl4N2O2. The molecule has 2 N–H and O–H groups in total. The first-order valence-electron chi connectivity index (χ1n) is 6.34. The van der Waals surface area contributed by atoms with Crippen LogP contribution in [0.5, 0.6) is 0 Å². The molecule has 0 aliphatic carbocycles. The number of halogens is 4. The first-order chi connectivity index (χ1) is 10.8. The quantitative estimate of drug-likeness (QED) is 0.795. The minimum Gasteiger partial charge on any atom is -0.343 e. The molecule has 0 atom stereocenters. The maximum absolute atomic E-state index is 11.9. The Labute approximate surface area is 152 Å². The molecule has 4 nitrogen and oxygen atoms in total. The van der Waals surface area contributed by atoms with Gasteiger partial charge >= 0.3 is 0 Å². The van der Waals surface area contributed by atoms with Crippen LogP contribution in [0.15, 0.2) is 36.4 Å². The number of anilines is 1. The minimum absolute atomic E-state index is 0.219. The van der Waals surface area contributed by atoms with Crippen LogP contribution in [0.1, 0.15) is 10.4 Å². The van der Waals surface area contributed by atoms with Gasteiger partial charge in [-0.3, -0.25) is 9.59 Å². The Hall–Kier alpha value is -1.46. The Morgan fingerprint density at radius 2 is 1.52 bits per heavy atom. The topological polar surface area (TPSA) is 58.2 Å². The van der Waals surface area contributed by atoms with E-state index in [0.29, 0.717) is 26.3 Å². The first kappa shape index (κ1) is 17.9. The van der Waals surface area contributed by atoms with Crippen LogP contribution in [0.2, 0.25) is 20.1 Å². The van der Waals surface area contributed by atoms with E-state index in [9.17, 15) is 9.59 Å². The van der Waals surface area contributed by atoms with Crippen LogP contribution < -0.4 is 10.6 Å². The van der Waals surface area contributed by atoms with Crippen molar-refractivity contribution in [1.29, 1.82) is 0 Å². The Balaban J connectivity index is 1.93. The smallest absolute Gasteiger partial charge is 0.251 e. The summed E-state index contributed by atoms with van der Waals surface area (Å²) < 4.78 is 0. The molecule has 2 amide bonds. The van der Waals surface area contributed by atoms with Crippen molar-refractivity contribution >= 4 is 63.9 Å². The van der Waals surface area contributed by atoms with Gasteiger partial charge in [0.15, 0.2) is 0 Å². The second-order valence-corrected chi connectivity index (χ2v) is 6.21. The zero-order valence-electron chi connectivity index (χ0n) is 11.5. The van der Waals surface area contributed by atoms with E-state index in [0.717, 1.165) is 0 Å². The van der Waals surface area contributed by atoms with E-state index in [4.69, 9.17) is 46.4 Å². The molecule has 0 unspecified atom stereocenters. The molecule has 2 aromatic carbocycles.